The Kier molecular flexibility index (Phi) is 6.51. The van der Waals surface area contributed by atoms with Crippen LogP contribution in [0.3, 0.4) is 0 Å². The molecule has 0 aliphatic carbocycles. The first-order valence-corrected chi connectivity index (χ1v) is 8.42. The second-order valence-electron chi connectivity index (χ2n) is 5.12. The molecule has 0 aromatic heterocycles. The lowest BCUT2D eigenvalue weighted by atomic mass is 10.0. The van der Waals surface area contributed by atoms with Gasteiger partial charge in [-0.25, -0.2) is 0 Å². The number of halogens is 1. The van der Waals surface area contributed by atoms with Crippen molar-refractivity contribution in [1.29, 1.82) is 0 Å². The molecule has 0 saturated carbocycles. The van der Waals surface area contributed by atoms with Gasteiger partial charge >= 0.3 is 0 Å². The standard InChI is InChI=1S/C18H21IO2/c1-2-3-12-21-17-10-6-15(7-11-17)18(20)13-14-4-8-16(19)9-5-14/h4-11,18,20H,2-3,12-13H2,1H3. The van der Waals surface area contributed by atoms with Crippen LogP contribution in [0.2, 0.25) is 0 Å². The fourth-order valence-electron chi connectivity index (χ4n) is 2.08. The van der Waals surface area contributed by atoms with Crippen molar-refractivity contribution in [3.8, 4) is 5.75 Å². The Bertz CT molecular complexity index is 534. The van der Waals surface area contributed by atoms with Crippen LogP contribution in [0.25, 0.3) is 0 Å². The summed E-state index contributed by atoms with van der Waals surface area (Å²) in [4.78, 5) is 0. The van der Waals surface area contributed by atoms with E-state index >= 15 is 0 Å². The summed E-state index contributed by atoms with van der Waals surface area (Å²) in [6.07, 6.45) is 2.35. The Labute approximate surface area is 140 Å². The molecule has 2 rings (SSSR count). The van der Waals surface area contributed by atoms with E-state index in [0.717, 1.165) is 36.3 Å². The van der Waals surface area contributed by atoms with Gasteiger partial charge in [-0.1, -0.05) is 37.6 Å². The summed E-state index contributed by atoms with van der Waals surface area (Å²) in [5, 5.41) is 10.3. The largest absolute Gasteiger partial charge is 0.494 e. The highest BCUT2D eigenvalue weighted by atomic mass is 127. The molecule has 0 radical (unpaired) electrons. The number of rotatable bonds is 7. The van der Waals surface area contributed by atoms with Gasteiger partial charge in [0.2, 0.25) is 0 Å². The Morgan fingerprint density at radius 2 is 1.71 bits per heavy atom. The average molecular weight is 396 g/mol. The zero-order valence-corrected chi connectivity index (χ0v) is 14.4. The Morgan fingerprint density at radius 3 is 2.33 bits per heavy atom. The second kappa shape index (κ2) is 8.39. The van der Waals surface area contributed by atoms with Crippen LogP contribution in [0.4, 0.5) is 0 Å². The minimum atomic E-state index is -0.477. The van der Waals surface area contributed by atoms with Gasteiger partial charge in [0.05, 0.1) is 12.7 Å². The van der Waals surface area contributed by atoms with Crippen LogP contribution < -0.4 is 4.74 Å². The van der Waals surface area contributed by atoms with Crippen LogP contribution in [0.15, 0.2) is 48.5 Å². The molecule has 21 heavy (non-hydrogen) atoms. The molecule has 0 bridgehead atoms. The van der Waals surface area contributed by atoms with E-state index < -0.39 is 6.10 Å². The molecule has 0 aliphatic rings. The molecule has 3 heteroatoms. The number of aliphatic hydroxyl groups excluding tert-OH is 1. The molecular weight excluding hydrogens is 375 g/mol. The number of hydrogen-bond donors (Lipinski definition) is 1. The molecule has 0 heterocycles. The van der Waals surface area contributed by atoms with Gasteiger partial charge in [-0.15, -0.1) is 0 Å². The van der Waals surface area contributed by atoms with E-state index in [4.69, 9.17) is 4.74 Å². The minimum absolute atomic E-state index is 0.477. The third-order valence-corrected chi connectivity index (χ3v) is 4.09. The van der Waals surface area contributed by atoms with Crippen molar-refractivity contribution >= 4 is 22.6 Å². The highest BCUT2D eigenvalue weighted by molar-refractivity contribution is 14.1. The number of benzene rings is 2. The first-order valence-electron chi connectivity index (χ1n) is 7.34. The molecule has 112 valence electrons. The molecule has 2 nitrogen and oxygen atoms in total. The van der Waals surface area contributed by atoms with Gasteiger partial charge in [-0.05, 0) is 64.4 Å². The van der Waals surface area contributed by atoms with Gasteiger partial charge in [-0.3, -0.25) is 0 Å². The summed E-state index contributed by atoms with van der Waals surface area (Å²) in [7, 11) is 0. The molecule has 0 spiro atoms. The maximum Gasteiger partial charge on any atom is 0.119 e. The predicted octanol–water partition coefficient (Wildman–Crippen LogP) is 4.75. The van der Waals surface area contributed by atoms with E-state index in [1.807, 2.05) is 24.3 Å². The lowest BCUT2D eigenvalue weighted by Crippen LogP contribution is -2.02. The number of hydrogen-bond acceptors (Lipinski definition) is 2. The van der Waals surface area contributed by atoms with Crippen molar-refractivity contribution in [3.05, 3.63) is 63.2 Å². The van der Waals surface area contributed by atoms with Gasteiger partial charge in [0.1, 0.15) is 5.75 Å². The van der Waals surface area contributed by atoms with E-state index in [-0.39, 0.29) is 0 Å². The molecule has 2 aromatic carbocycles. The lowest BCUT2D eigenvalue weighted by molar-refractivity contribution is 0.178. The van der Waals surface area contributed by atoms with E-state index in [0.29, 0.717) is 6.42 Å². The third-order valence-electron chi connectivity index (χ3n) is 3.37. The summed E-state index contributed by atoms with van der Waals surface area (Å²) in [5.74, 6) is 0.869. The van der Waals surface area contributed by atoms with E-state index in [9.17, 15) is 5.11 Å². The highest BCUT2D eigenvalue weighted by Crippen LogP contribution is 2.21. The monoisotopic (exact) mass is 396 g/mol. The van der Waals surface area contributed by atoms with Gasteiger partial charge in [0.15, 0.2) is 0 Å². The topological polar surface area (TPSA) is 29.5 Å². The smallest absolute Gasteiger partial charge is 0.119 e. The Hall–Kier alpha value is -1.07. The predicted molar refractivity (Wildman–Crippen MR) is 94.7 cm³/mol. The maximum absolute atomic E-state index is 10.3. The van der Waals surface area contributed by atoms with Gasteiger partial charge < -0.3 is 9.84 Å². The molecule has 0 saturated heterocycles. The molecule has 1 atom stereocenters. The molecule has 0 aliphatic heterocycles. The van der Waals surface area contributed by atoms with Crippen molar-refractivity contribution < 1.29 is 9.84 Å². The number of aliphatic hydroxyl groups is 1. The van der Waals surface area contributed by atoms with Gasteiger partial charge in [-0.2, -0.15) is 0 Å². The summed E-state index contributed by atoms with van der Waals surface area (Å²) >= 11 is 2.28. The van der Waals surface area contributed by atoms with Gasteiger partial charge in [0, 0.05) is 9.99 Å². The van der Waals surface area contributed by atoms with Crippen LogP contribution in [0.1, 0.15) is 37.0 Å². The molecule has 1 N–H and O–H groups in total. The van der Waals surface area contributed by atoms with Crippen molar-refractivity contribution in [3.63, 3.8) is 0 Å². The maximum atomic E-state index is 10.3. The fourth-order valence-corrected chi connectivity index (χ4v) is 2.44. The minimum Gasteiger partial charge on any atom is -0.494 e. The third kappa shape index (κ3) is 5.32. The molecule has 0 amide bonds. The number of ether oxygens (including phenoxy) is 1. The molecule has 1 unspecified atom stereocenters. The lowest BCUT2D eigenvalue weighted by Gasteiger charge is -2.12. The quantitative estimate of drug-likeness (QED) is 0.541. The first kappa shape index (κ1) is 16.3. The Morgan fingerprint density at radius 1 is 1.05 bits per heavy atom. The van der Waals surface area contributed by atoms with Crippen LogP contribution in [0, 0.1) is 3.57 Å². The van der Waals surface area contributed by atoms with Crippen LogP contribution in [-0.2, 0) is 6.42 Å². The highest BCUT2D eigenvalue weighted by Gasteiger charge is 2.08. The fraction of sp³-hybridized carbons (Fsp3) is 0.333. The first-order chi connectivity index (χ1) is 10.2. The summed E-state index contributed by atoms with van der Waals surface area (Å²) in [6, 6.07) is 16.0. The van der Waals surface area contributed by atoms with E-state index in [1.54, 1.807) is 0 Å². The van der Waals surface area contributed by atoms with Crippen LogP contribution >= 0.6 is 22.6 Å². The van der Waals surface area contributed by atoms with E-state index in [1.165, 1.54) is 3.57 Å². The summed E-state index contributed by atoms with van der Waals surface area (Å²) in [6.45, 7) is 2.90. The van der Waals surface area contributed by atoms with Crippen molar-refractivity contribution in [1.82, 2.24) is 0 Å². The van der Waals surface area contributed by atoms with Crippen LogP contribution in [-0.4, -0.2) is 11.7 Å². The normalized spacial score (nSPS) is 12.1. The molecular formula is C18H21IO2. The van der Waals surface area contributed by atoms with Crippen molar-refractivity contribution in [2.75, 3.05) is 6.61 Å². The molecule has 0 fully saturated rings. The molecule has 2 aromatic rings. The zero-order chi connectivity index (χ0) is 15.1. The zero-order valence-electron chi connectivity index (χ0n) is 12.3. The average Bonchev–Trinajstić information content (AvgIpc) is 2.50. The van der Waals surface area contributed by atoms with Crippen molar-refractivity contribution in [2.24, 2.45) is 0 Å². The summed E-state index contributed by atoms with van der Waals surface area (Å²) < 4.78 is 6.84. The number of unbranched alkanes of at least 4 members (excludes halogenated alkanes) is 1. The van der Waals surface area contributed by atoms with Crippen LogP contribution in [0.5, 0.6) is 5.75 Å². The Balaban J connectivity index is 1.93. The van der Waals surface area contributed by atoms with Crippen molar-refractivity contribution in [2.45, 2.75) is 32.3 Å². The SMILES string of the molecule is CCCCOc1ccc(C(O)Cc2ccc(I)cc2)cc1. The van der Waals surface area contributed by atoms with Gasteiger partial charge in [0.25, 0.3) is 0 Å². The second-order valence-corrected chi connectivity index (χ2v) is 6.36. The van der Waals surface area contributed by atoms with E-state index in [2.05, 4.69) is 53.8 Å². The summed E-state index contributed by atoms with van der Waals surface area (Å²) in [5.41, 5.74) is 2.07.